The molecule has 118 valence electrons. The Kier molecular flexibility index (Phi) is 5.22. The summed E-state index contributed by atoms with van der Waals surface area (Å²) in [6.07, 6.45) is 0. The van der Waals surface area contributed by atoms with Gasteiger partial charge in [-0.05, 0) is 44.7 Å². The molecule has 3 nitrogen and oxygen atoms in total. The number of likely N-dealkylation sites (N-methyl/N-ethyl adjacent to an activating group) is 1. The molecule has 1 heterocycles. The maximum Gasteiger partial charge on any atom is 0.123 e. The number of benzene rings is 1. The second-order valence-electron chi connectivity index (χ2n) is 6.58. The first-order valence-corrected chi connectivity index (χ1v) is 7.87. The number of rotatable bonds is 4. The van der Waals surface area contributed by atoms with Crippen LogP contribution in [0.5, 0.6) is 0 Å². The second-order valence-corrected chi connectivity index (χ2v) is 6.58. The molecular weight excluding hydrogens is 265 g/mol. The van der Waals surface area contributed by atoms with Crippen molar-refractivity contribution in [3.05, 3.63) is 29.6 Å². The molecule has 0 spiro atoms. The Labute approximate surface area is 128 Å². The third-order valence-corrected chi connectivity index (χ3v) is 4.44. The molecule has 2 rings (SSSR count). The normalized spacial score (nSPS) is 23.9. The van der Waals surface area contributed by atoms with Crippen LogP contribution < -0.4 is 10.2 Å². The highest BCUT2D eigenvalue weighted by Crippen LogP contribution is 2.26. The fourth-order valence-corrected chi connectivity index (χ4v) is 2.92. The van der Waals surface area contributed by atoms with Gasteiger partial charge in [-0.1, -0.05) is 13.8 Å². The molecule has 1 aromatic carbocycles. The molecule has 0 aliphatic carbocycles. The zero-order chi connectivity index (χ0) is 15.6. The largest absolute Gasteiger partial charge is 0.368 e. The van der Waals surface area contributed by atoms with Gasteiger partial charge in [0.1, 0.15) is 5.82 Å². The minimum atomic E-state index is -0.158. The van der Waals surface area contributed by atoms with Gasteiger partial charge in [0.05, 0.1) is 0 Å². The van der Waals surface area contributed by atoms with Crippen molar-refractivity contribution in [2.45, 2.75) is 52.4 Å². The van der Waals surface area contributed by atoms with Crippen molar-refractivity contribution in [2.75, 3.05) is 25.0 Å². The molecule has 2 atom stereocenters. The number of anilines is 1. The average molecular weight is 293 g/mol. The quantitative estimate of drug-likeness (QED) is 0.921. The van der Waals surface area contributed by atoms with Gasteiger partial charge in [0.25, 0.3) is 0 Å². The van der Waals surface area contributed by atoms with Gasteiger partial charge < -0.3 is 10.2 Å². The lowest BCUT2D eigenvalue weighted by Gasteiger charge is -2.44. The highest BCUT2D eigenvalue weighted by molar-refractivity contribution is 5.54. The van der Waals surface area contributed by atoms with E-state index in [0.29, 0.717) is 24.7 Å². The lowest BCUT2D eigenvalue weighted by molar-refractivity contribution is 0.170. The highest BCUT2D eigenvalue weighted by atomic mass is 19.1. The molecule has 0 saturated carbocycles. The van der Waals surface area contributed by atoms with Crippen LogP contribution in [0, 0.1) is 5.82 Å². The number of halogens is 1. The molecule has 0 radical (unpaired) electrons. The summed E-state index contributed by atoms with van der Waals surface area (Å²) in [5, 5.41) is 3.40. The van der Waals surface area contributed by atoms with Crippen LogP contribution in [0.2, 0.25) is 0 Å². The van der Waals surface area contributed by atoms with Crippen molar-refractivity contribution in [3.8, 4) is 0 Å². The SMILES string of the molecule is CC(C)NCc1cc(F)ccc1N1CC(C)N(C)C(C)C1. The van der Waals surface area contributed by atoms with Gasteiger partial charge in [-0.25, -0.2) is 4.39 Å². The van der Waals surface area contributed by atoms with Crippen LogP contribution in [0.3, 0.4) is 0 Å². The molecule has 1 fully saturated rings. The lowest BCUT2D eigenvalue weighted by atomic mass is 10.1. The molecule has 0 aromatic heterocycles. The Balaban J connectivity index is 2.22. The van der Waals surface area contributed by atoms with Gasteiger partial charge in [0.2, 0.25) is 0 Å². The molecule has 21 heavy (non-hydrogen) atoms. The highest BCUT2D eigenvalue weighted by Gasteiger charge is 2.27. The van der Waals surface area contributed by atoms with Crippen LogP contribution in [-0.4, -0.2) is 43.2 Å². The number of hydrogen-bond donors (Lipinski definition) is 1. The van der Waals surface area contributed by atoms with E-state index in [2.05, 4.69) is 49.9 Å². The molecule has 1 N–H and O–H groups in total. The number of nitrogens with one attached hydrogen (secondary N) is 1. The minimum absolute atomic E-state index is 0.158. The fourth-order valence-electron chi connectivity index (χ4n) is 2.92. The van der Waals surface area contributed by atoms with E-state index in [1.54, 1.807) is 12.1 Å². The Bertz CT molecular complexity index is 463. The summed E-state index contributed by atoms with van der Waals surface area (Å²) in [5.41, 5.74) is 2.21. The van der Waals surface area contributed by atoms with E-state index in [1.165, 1.54) is 0 Å². The van der Waals surface area contributed by atoms with Crippen molar-refractivity contribution in [1.82, 2.24) is 10.2 Å². The van der Waals surface area contributed by atoms with Crippen LogP contribution in [0.1, 0.15) is 33.3 Å². The maximum absolute atomic E-state index is 13.6. The van der Waals surface area contributed by atoms with Crippen molar-refractivity contribution in [1.29, 1.82) is 0 Å². The van der Waals surface area contributed by atoms with Crippen molar-refractivity contribution in [2.24, 2.45) is 0 Å². The monoisotopic (exact) mass is 293 g/mol. The Morgan fingerprint density at radius 2 is 1.86 bits per heavy atom. The van der Waals surface area contributed by atoms with Gasteiger partial charge >= 0.3 is 0 Å². The summed E-state index contributed by atoms with van der Waals surface area (Å²) in [5.74, 6) is -0.158. The number of piperazine rings is 1. The van der Waals surface area contributed by atoms with Gasteiger partial charge in [0.15, 0.2) is 0 Å². The fraction of sp³-hybridized carbons (Fsp3) is 0.647. The third-order valence-electron chi connectivity index (χ3n) is 4.44. The van der Waals surface area contributed by atoms with E-state index >= 15 is 0 Å². The summed E-state index contributed by atoms with van der Waals surface area (Å²) in [4.78, 5) is 4.80. The molecule has 1 aromatic rings. The molecule has 1 aliphatic heterocycles. The number of nitrogens with zero attached hydrogens (tertiary/aromatic N) is 2. The zero-order valence-electron chi connectivity index (χ0n) is 13.9. The first-order valence-electron chi connectivity index (χ1n) is 7.87. The first-order chi connectivity index (χ1) is 9.88. The summed E-state index contributed by atoms with van der Waals surface area (Å²) in [6.45, 7) is 11.4. The Hall–Kier alpha value is -1.13. The van der Waals surface area contributed by atoms with Gasteiger partial charge in [-0.3, -0.25) is 4.90 Å². The molecule has 1 saturated heterocycles. The first kappa shape index (κ1) is 16.2. The molecule has 0 amide bonds. The van der Waals surface area contributed by atoms with E-state index in [9.17, 15) is 4.39 Å². The van der Waals surface area contributed by atoms with Crippen LogP contribution >= 0.6 is 0 Å². The van der Waals surface area contributed by atoms with Gasteiger partial charge in [-0.15, -0.1) is 0 Å². The van der Waals surface area contributed by atoms with Crippen LogP contribution in [-0.2, 0) is 6.54 Å². The van der Waals surface area contributed by atoms with Crippen LogP contribution in [0.4, 0.5) is 10.1 Å². The Morgan fingerprint density at radius 3 is 2.43 bits per heavy atom. The van der Waals surface area contributed by atoms with Gasteiger partial charge in [-0.2, -0.15) is 0 Å². The number of hydrogen-bond acceptors (Lipinski definition) is 3. The molecule has 0 bridgehead atoms. The topological polar surface area (TPSA) is 18.5 Å². The van der Waals surface area contributed by atoms with E-state index in [-0.39, 0.29) is 5.82 Å². The summed E-state index contributed by atoms with van der Waals surface area (Å²) >= 11 is 0. The summed E-state index contributed by atoms with van der Waals surface area (Å²) < 4.78 is 13.6. The van der Waals surface area contributed by atoms with Crippen molar-refractivity contribution < 1.29 is 4.39 Å². The van der Waals surface area contributed by atoms with Crippen molar-refractivity contribution in [3.63, 3.8) is 0 Å². The van der Waals surface area contributed by atoms with Crippen LogP contribution in [0.15, 0.2) is 18.2 Å². The smallest absolute Gasteiger partial charge is 0.123 e. The maximum atomic E-state index is 13.6. The van der Waals surface area contributed by atoms with E-state index in [1.807, 2.05) is 6.07 Å². The second kappa shape index (κ2) is 6.75. The third kappa shape index (κ3) is 3.95. The molecule has 4 heteroatoms. The predicted molar refractivity (Wildman–Crippen MR) is 87.3 cm³/mol. The summed E-state index contributed by atoms with van der Waals surface area (Å²) in [7, 11) is 2.18. The van der Waals surface area contributed by atoms with Crippen LogP contribution in [0.25, 0.3) is 0 Å². The average Bonchev–Trinajstić information content (AvgIpc) is 2.42. The van der Waals surface area contributed by atoms with Crippen molar-refractivity contribution >= 4 is 5.69 Å². The van der Waals surface area contributed by atoms with E-state index < -0.39 is 0 Å². The summed E-state index contributed by atoms with van der Waals surface area (Å²) in [6, 6.07) is 6.57. The Morgan fingerprint density at radius 1 is 1.24 bits per heavy atom. The van der Waals surface area contributed by atoms with E-state index in [0.717, 1.165) is 24.3 Å². The molecule has 1 aliphatic rings. The zero-order valence-corrected chi connectivity index (χ0v) is 13.9. The predicted octanol–water partition coefficient (Wildman–Crippen LogP) is 2.85. The standard InChI is InChI=1S/C17H28FN3/c1-12(2)19-9-15-8-16(18)6-7-17(15)21-10-13(3)20(5)14(4)11-21/h6-8,12-14,19H,9-11H2,1-5H3. The van der Waals surface area contributed by atoms with Gasteiger partial charge in [0, 0.05) is 43.4 Å². The van der Waals surface area contributed by atoms with E-state index in [4.69, 9.17) is 0 Å². The molecular formula is C17H28FN3. The molecule has 2 unspecified atom stereocenters. The minimum Gasteiger partial charge on any atom is -0.368 e. The lowest BCUT2D eigenvalue weighted by Crippen LogP contribution is -2.55.